The van der Waals surface area contributed by atoms with Gasteiger partial charge in [-0.1, -0.05) is 59.2 Å². The zero-order valence-electron chi connectivity index (χ0n) is 24.2. The number of benzene rings is 2. The van der Waals surface area contributed by atoms with E-state index < -0.39 is 0 Å². The fourth-order valence-corrected chi connectivity index (χ4v) is 5.41. The van der Waals surface area contributed by atoms with E-state index in [1.54, 1.807) is 0 Å². The van der Waals surface area contributed by atoms with Gasteiger partial charge in [-0.05, 0) is 75.0 Å². The van der Waals surface area contributed by atoms with Crippen molar-refractivity contribution >= 4 is 23.2 Å². The molecule has 38 heavy (non-hydrogen) atoms. The molecule has 0 aromatic heterocycles. The molecule has 208 valence electrons. The van der Waals surface area contributed by atoms with Gasteiger partial charge < -0.3 is 20.0 Å². The summed E-state index contributed by atoms with van der Waals surface area (Å²) in [6.07, 6.45) is 4.99. The summed E-state index contributed by atoms with van der Waals surface area (Å²) in [5.74, 6) is 0.622. The number of anilines is 2. The van der Waals surface area contributed by atoms with Crippen LogP contribution in [0.25, 0.3) is 0 Å². The van der Waals surface area contributed by atoms with Crippen molar-refractivity contribution in [3.05, 3.63) is 59.7 Å². The lowest BCUT2D eigenvalue weighted by atomic mass is 9.97. The number of hydrogen-bond donors (Lipinski definition) is 1. The average molecular weight is 521 g/mol. The summed E-state index contributed by atoms with van der Waals surface area (Å²) < 4.78 is 0. The second-order valence-corrected chi connectivity index (χ2v) is 10.5. The smallest absolute Gasteiger partial charge is 0.258 e. The summed E-state index contributed by atoms with van der Waals surface area (Å²) in [6, 6.07) is 15.6. The highest BCUT2D eigenvalue weighted by atomic mass is 16.2. The van der Waals surface area contributed by atoms with Gasteiger partial charge in [0.25, 0.3) is 11.8 Å². The highest BCUT2D eigenvalue weighted by Crippen LogP contribution is 2.32. The Morgan fingerprint density at radius 1 is 1.00 bits per heavy atom. The maximum Gasteiger partial charge on any atom is 0.258 e. The Morgan fingerprint density at radius 3 is 2.29 bits per heavy atom. The topological polar surface area (TPSA) is 55.9 Å². The summed E-state index contributed by atoms with van der Waals surface area (Å²) in [5.41, 5.74) is 3.09. The quantitative estimate of drug-likeness (QED) is 0.341. The number of piperidine rings is 1. The molecule has 1 aliphatic heterocycles. The molecule has 1 aliphatic rings. The van der Waals surface area contributed by atoms with Gasteiger partial charge in [0.1, 0.15) is 0 Å². The Hall–Kier alpha value is -2.86. The summed E-state index contributed by atoms with van der Waals surface area (Å²) in [5, 5.41) is 3.17. The van der Waals surface area contributed by atoms with E-state index >= 15 is 0 Å². The largest absolute Gasteiger partial charge is 0.371 e. The monoisotopic (exact) mass is 520 g/mol. The van der Waals surface area contributed by atoms with Crippen molar-refractivity contribution in [1.29, 1.82) is 0 Å². The number of amides is 2. The maximum absolute atomic E-state index is 13.8. The maximum atomic E-state index is 13.8. The van der Waals surface area contributed by atoms with Crippen LogP contribution in [0.2, 0.25) is 0 Å². The minimum atomic E-state index is -0.0664. The first-order chi connectivity index (χ1) is 18.4. The van der Waals surface area contributed by atoms with Gasteiger partial charge >= 0.3 is 0 Å². The molecule has 0 radical (unpaired) electrons. The Balaban J connectivity index is 2.00. The summed E-state index contributed by atoms with van der Waals surface area (Å²) in [7, 11) is 0. The van der Waals surface area contributed by atoms with Crippen molar-refractivity contribution in [1.82, 2.24) is 10.2 Å². The van der Waals surface area contributed by atoms with Crippen LogP contribution < -0.4 is 15.1 Å². The van der Waals surface area contributed by atoms with Crippen LogP contribution in [-0.4, -0.2) is 62.0 Å². The highest BCUT2D eigenvalue weighted by Gasteiger charge is 2.28. The fourth-order valence-electron chi connectivity index (χ4n) is 5.41. The lowest BCUT2D eigenvalue weighted by Crippen LogP contribution is -2.41. The third kappa shape index (κ3) is 7.59. The summed E-state index contributed by atoms with van der Waals surface area (Å²) in [6.45, 7) is 16.1. The first kappa shape index (κ1) is 29.7. The van der Waals surface area contributed by atoms with Gasteiger partial charge in [-0.15, -0.1) is 0 Å². The van der Waals surface area contributed by atoms with Crippen LogP contribution in [-0.2, 0) is 0 Å². The molecule has 3 rings (SSSR count). The van der Waals surface area contributed by atoms with Crippen LogP contribution in [0.4, 0.5) is 11.4 Å². The second-order valence-electron chi connectivity index (χ2n) is 10.5. The number of carbonyl (C=O) groups excluding carboxylic acids is 2. The average Bonchev–Trinajstić information content (AvgIpc) is 2.95. The van der Waals surface area contributed by atoms with E-state index in [0.717, 1.165) is 76.2 Å². The minimum absolute atomic E-state index is 0.0154. The molecule has 2 amide bonds. The third-order valence-electron chi connectivity index (χ3n) is 7.93. The number of hydrogen-bond acceptors (Lipinski definition) is 4. The third-order valence-corrected chi connectivity index (χ3v) is 7.93. The first-order valence-corrected chi connectivity index (χ1v) is 14.7. The van der Waals surface area contributed by atoms with Crippen molar-refractivity contribution in [2.45, 2.75) is 72.8 Å². The van der Waals surface area contributed by atoms with Crippen LogP contribution in [0, 0.1) is 5.92 Å². The zero-order valence-corrected chi connectivity index (χ0v) is 24.2. The normalized spacial score (nSPS) is 14.9. The van der Waals surface area contributed by atoms with E-state index in [0.29, 0.717) is 23.6 Å². The van der Waals surface area contributed by atoms with Gasteiger partial charge in [-0.2, -0.15) is 0 Å². The predicted molar refractivity (Wildman–Crippen MR) is 159 cm³/mol. The Kier molecular flexibility index (Phi) is 11.7. The molecular formula is C32H48N4O2. The summed E-state index contributed by atoms with van der Waals surface area (Å²) in [4.78, 5) is 34.1. The van der Waals surface area contributed by atoms with Crippen LogP contribution >= 0.6 is 0 Å². The first-order valence-electron chi connectivity index (χ1n) is 14.7. The van der Waals surface area contributed by atoms with Crippen LogP contribution in [0.15, 0.2) is 48.5 Å². The minimum Gasteiger partial charge on any atom is -0.371 e. The second kappa shape index (κ2) is 14.9. The van der Waals surface area contributed by atoms with E-state index in [-0.39, 0.29) is 17.9 Å². The SMILES string of the molecule is CCCC(CC)N(C(=O)c1ccccc1)c1ccc(N2CCC(C)CC2)c(C(=O)NCCN(CC)CC)c1. The molecule has 0 aliphatic carbocycles. The van der Waals surface area contributed by atoms with Crippen molar-refractivity contribution < 1.29 is 9.59 Å². The van der Waals surface area contributed by atoms with Gasteiger partial charge in [0.2, 0.25) is 0 Å². The number of nitrogens with one attached hydrogen (secondary N) is 1. The molecule has 0 spiro atoms. The van der Waals surface area contributed by atoms with Gasteiger partial charge in [0.15, 0.2) is 0 Å². The van der Waals surface area contributed by atoms with Crippen LogP contribution in [0.1, 0.15) is 87.4 Å². The van der Waals surface area contributed by atoms with E-state index in [1.807, 2.05) is 47.4 Å². The Bertz CT molecular complexity index is 1010. The zero-order chi connectivity index (χ0) is 27.5. The molecule has 1 saturated heterocycles. The van der Waals surface area contributed by atoms with E-state index in [4.69, 9.17) is 0 Å². The molecule has 2 aromatic carbocycles. The number of carbonyl (C=O) groups is 2. The van der Waals surface area contributed by atoms with Gasteiger partial charge in [0.05, 0.1) is 5.56 Å². The Labute approximate surface area is 230 Å². The molecule has 6 heteroatoms. The molecular weight excluding hydrogens is 472 g/mol. The van der Waals surface area contributed by atoms with Crippen LogP contribution in [0.5, 0.6) is 0 Å². The number of likely N-dealkylation sites (N-methyl/N-ethyl adjacent to an activating group) is 1. The number of nitrogens with zero attached hydrogens (tertiary/aromatic N) is 3. The van der Waals surface area contributed by atoms with Gasteiger partial charge in [-0.25, -0.2) is 0 Å². The molecule has 1 N–H and O–H groups in total. The van der Waals surface area contributed by atoms with E-state index in [9.17, 15) is 9.59 Å². The number of rotatable bonds is 13. The molecule has 0 bridgehead atoms. The van der Waals surface area contributed by atoms with Crippen molar-refractivity contribution in [3.8, 4) is 0 Å². The van der Waals surface area contributed by atoms with Crippen molar-refractivity contribution in [2.24, 2.45) is 5.92 Å². The lowest BCUT2D eigenvalue weighted by molar-refractivity contribution is 0.0945. The van der Waals surface area contributed by atoms with E-state index in [2.05, 4.69) is 55.8 Å². The molecule has 1 heterocycles. The molecule has 1 unspecified atom stereocenters. The molecule has 6 nitrogen and oxygen atoms in total. The van der Waals surface area contributed by atoms with Crippen molar-refractivity contribution in [3.63, 3.8) is 0 Å². The lowest BCUT2D eigenvalue weighted by Gasteiger charge is -2.35. The fraction of sp³-hybridized carbons (Fsp3) is 0.562. The van der Waals surface area contributed by atoms with E-state index in [1.165, 1.54) is 0 Å². The molecule has 1 atom stereocenters. The van der Waals surface area contributed by atoms with Gasteiger partial charge in [0, 0.05) is 49.2 Å². The molecule has 1 fully saturated rings. The van der Waals surface area contributed by atoms with Gasteiger partial charge in [-0.3, -0.25) is 9.59 Å². The molecule has 0 saturated carbocycles. The summed E-state index contributed by atoms with van der Waals surface area (Å²) >= 11 is 0. The highest BCUT2D eigenvalue weighted by molar-refractivity contribution is 6.08. The molecule has 2 aromatic rings. The standard InChI is InChI=1S/C32H48N4O2/c1-6-13-27(7-2)36(32(38)26-14-11-10-12-15-26)28-16-17-30(35-21-18-25(5)19-22-35)29(24-28)31(37)33-20-23-34(8-3)9-4/h10-12,14-17,24-25,27H,6-9,13,18-23H2,1-5H3,(H,33,37). The van der Waals surface area contributed by atoms with Crippen LogP contribution in [0.3, 0.4) is 0 Å². The predicted octanol–water partition coefficient (Wildman–Crippen LogP) is 6.22. The van der Waals surface area contributed by atoms with Crippen molar-refractivity contribution in [2.75, 3.05) is 49.1 Å². The Morgan fingerprint density at radius 2 is 1.68 bits per heavy atom.